The number of hydrogen-bond acceptors (Lipinski definition) is 3. The van der Waals surface area contributed by atoms with Gasteiger partial charge in [-0.1, -0.05) is 0 Å². The van der Waals surface area contributed by atoms with Gasteiger partial charge in [-0.2, -0.15) is 5.10 Å². The highest BCUT2D eigenvalue weighted by Gasteiger charge is 2.15. The van der Waals surface area contributed by atoms with E-state index in [1.807, 2.05) is 4.68 Å². The lowest BCUT2D eigenvalue weighted by atomic mass is 10.3. The molecule has 0 saturated carbocycles. The summed E-state index contributed by atoms with van der Waals surface area (Å²) in [6.45, 7) is 2.13. The van der Waals surface area contributed by atoms with Crippen LogP contribution in [0.3, 0.4) is 0 Å². The van der Waals surface area contributed by atoms with E-state index >= 15 is 0 Å². The van der Waals surface area contributed by atoms with E-state index in [0.717, 1.165) is 13.1 Å². The Bertz CT molecular complexity index is 188. The number of nitrogens with zero attached hydrogens (tertiary/aromatic N) is 3. The van der Waals surface area contributed by atoms with Crippen LogP contribution in [0.4, 0.5) is 0 Å². The first-order chi connectivity index (χ1) is 4.97. The molecule has 1 aromatic heterocycles. The van der Waals surface area contributed by atoms with Gasteiger partial charge in [-0.15, -0.1) is 0 Å². The van der Waals surface area contributed by atoms with E-state index in [0.29, 0.717) is 6.04 Å². The molecule has 0 radical (unpaired) electrons. The van der Waals surface area contributed by atoms with Gasteiger partial charge in [0.15, 0.2) is 0 Å². The average Bonchev–Trinajstić information content (AvgIpc) is 2.59. The molecule has 2 heterocycles. The molecule has 1 unspecified atom stereocenters. The fraction of sp³-hybridized carbons (Fsp3) is 0.667. The summed E-state index contributed by atoms with van der Waals surface area (Å²) in [5.74, 6) is 0. The molecule has 0 bridgehead atoms. The highest BCUT2D eigenvalue weighted by Crippen LogP contribution is 2.11. The van der Waals surface area contributed by atoms with Crippen LogP contribution >= 0.6 is 0 Å². The molecule has 4 nitrogen and oxygen atoms in total. The Labute approximate surface area is 59.3 Å². The first kappa shape index (κ1) is 5.85. The van der Waals surface area contributed by atoms with E-state index in [1.54, 1.807) is 12.7 Å². The summed E-state index contributed by atoms with van der Waals surface area (Å²) in [7, 11) is 0. The van der Waals surface area contributed by atoms with Gasteiger partial charge in [0.05, 0.1) is 6.04 Å². The Balaban J connectivity index is 2.12. The van der Waals surface area contributed by atoms with Gasteiger partial charge in [0.1, 0.15) is 12.7 Å². The zero-order valence-electron chi connectivity index (χ0n) is 5.70. The molecule has 10 heavy (non-hydrogen) atoms. The summed E-state index contributed by atoms with van der Waals surface area (Å²) in [5, 5.41) is 7.34. The third kappa shape index (κ3) is 0.903. The molecule has 1 saturated heterocycles. The molecule has 1 aliphatic heterocycles. The van der Waals surface area contributed by atoms with E-state index in [9.17, 15) is 0 Å². The van der Waals surface area contributed by atoms with Gasteiger partial charge < -0.3 is 5.32 Å². The molecule has 54 valence electrons. The maximum Gasteiger partial charge on any atom is 0.137 e. The molecule has 0 aromatic carbocycles. The quantitative estimate of drug-likeness (QED) is 0.585. The van der Waals surface area contributed by atoms with Crippen LogP contribution in [-0.4, -0.2) is 27.9 Å². The third-order valence-corrected chi connectivity index (χ3v) is 1.85. The fourth-order valence-corrected chi connectivity index (χ4v) is 1.27. The average molecular weight is 138 g/mol. The standard InChI is InChI=1S/C6H10N4/c1-2-7-3-6(1)10-5-8-4-9-10/h4-7H,1-3H2. The second kappa shape index (κ2) is 2.38. The molecule has 1 atom stereocenters. The van der Waals surface area contributed by atoms with Crippen LogP contribution in [0.2, 0.25) is 0 Å². The van der Waals surface area contributed by atoms with Crippen molar-refractivity contribution in [3.63, 3.8) is 0 Å². The summed E-state index contributed by atoms with van der Waals surface area (Å²) in [6.07, 6.45) is 4.53. The fourth-order valence-electron chi connectivity index (χ4n) is 1.27. The van der Waals surface area contributed by atoms with Crippen molar-refractivity contribution in [1.29, 1.82) is 0 Å². The second-order valence-electron chi connectivity index (χ2n) is 2.52. The SMILES string of the molecule is c1ncn(C2CCNC2)n1. The summed E-state index contributed by atoms with van der Waals surface area (Å²) in [6, 6.07) is 0.530. The molecule has 4 heteroatoms. The van der Waals surface area contributed by atoms with Crippen molar-refractivity contribution >= 4 is 0 Å². The van der Waals surface area contributed by atoms with Crippen molar-refractivity contribution in [2.75, 3.05) is 13.1 Å². The largest absolute Gasteiger partial charge is 0.315 e. The van der Waals surface area contributed by atoms with Crippen molar-refractivity contribution < 1.29 is 0 Å². The van der Waals surface area contributed by atoms with Gasteiger partial charge in [-0.3, -0.25) is 0 Å². The lowest BCUT2D eigenvalue weighted by Crippen LogP contribution is -2.13. The number of nitrogens with one attached hydrogen (secondary N) is 1. The molecule has 1 aliphatic rings. The lowest BCUT2D eigenvalue weighted by molar-refractivity contribution is 0.489. The van der Waals surface area contributed by atoms with Crippen molar-refractivity contribution in [2.24, 2.45) is 0 Å². The molecule has 0 amide bonds. The van der Waals surface area contributed by atoms with Crippen LogP contribution in [0.5, 0.6) is 0 Å². The smallest absolute Gasteiger partial charge is 0.137 e. The summed E-state index contributed by atoms with van der Waals surface area (Å²) in [5.41, 5.74) is 0. The Hall–Kier alpha value is -0.900. The maximum atomic E-state index is 4.06. The van der Waals surface area contributed by atoms with E-state index in [2.05, 4.69) is 15.4 Å². The van der Waals surface area contributed by atoms with Crippen molar-refractivity contribution in [1.82, 2.24) is 20.1 Å². The predicted molar refractivity (Wildman–Crippen MR) is 36.5 cm³/mol. The monoisotopic (exact) mass is 138 g/mol. The Morgan fingerprint density at radius 1 is 1.60 bits per heavy atom. The highest BCUT2D eigenvalue weighted by atomic mass is 15.3. The molecule has 1 fully saturated rings. The minimum Gasteiger partial charge on any atom is -0.315 e. The second-order valence-corrected chi connectivity index (χ2v) is 2.52. The normalized spacial score (nSPS) is 25.4. The van der Waals surface area contributed by atoms with Gasteiger partial charge >= 0.3 is 0 Å². The van der Waals surface area contributed by atoms with E-state index in [-0.39, 0.29) is 0 Å². The van der Waals surface area contributed by atoms with Gasteiger partial charge in [0.2, 0.25) is 0 Å². The van der Waals surface area contributed by atoms with Gasteiger partial charge in [-0.05, 0) is 13.0 Å². The molecule has 1 N–H and O–H groups in total. The zero-order chi connectivity index (χ0) is 6.81. The predicted octanol–water partition coefficient (Wildman–Crippen LogP) is -0.188. The van der Waals surface area contributed by atoms with Crippen molar-refractivity contribution in [2.45, 2.75) is 12.5 Å². The topological polar surface area (TPSA) is 42.7 Å². The van der Waals surface area contributed by atoms with Crippen LogP contribution in [0.15, 0.2) is 12.7 Å². The lowest BCUT2D eigenvalue weighted by Gasteiger charge is -2.05. The first-order valence-corrected chi connectivity index (χ1v) is 3.51. The molecule has 2 rings (SSSR count). The Kier molecular flexibility index (Phi) is 1.39. The van der Waals surface area contributed by atoms with Crippen LogP contribution in [0.25, 0.3) is 0 Å². The summed E-state index contributed by atoms with van der Waals surface area (Å²) < 4.78 is 1.92. The molecule has 1 aromatic rings. The minimum atomic E-state index is 0.530. The van der Waals surface area contributed by atoms with Crippen LogP contribution in [-0.2, 0) is 0 Å². The third-order valence-electron chi connectivity index (χ3n) is 1.85. The van der Waals surface area contributed by atoms with Crippen LogP contribution in [0.1, 0.15) is 12.5 Å². The Morgan fingerprint density at radius 2 is 2.60 bits per heavy atom. The molecular formula is C6H10N4. The maximum absolute atomic E-state index is 4.06. The number of aromatic nitrogens is 3. The van der Waals surface area contributed by atoms with E-state index in [4.69, 9.17) is 0 Å². The minimum absolute atomic E-state index is 0.530. The number of hydrogen-bond donors (Lipinski definition) is 1. The zero-order valence-corrected chi connectivity index (χ0v) is 5.70. The van der Waals surface area contributed by atoms with Crippen LogP contribution in [0, 0.1) is 0 Å². The molecule has 0 spiro atoms. The highest BCUT2D eigenvalue weighted by molar-refractivity contribution is 4.76. The van der Waals surface area contributed by atoms with Crippen LogP contribution < -0.4 is 5.32 Å². The van der Waals surface area contributed by atoms with Crippen molar-refractivity contribution in [3.8, 4) is 0 Å². The summed E-state index contributed by atoms with van der Waals surface area (Å²) >= 11 is 0. The first-order valence-electron chi connectivity index (χ1n) is 3.51. The van der Waals surface area contributed by atoms with Gasteiger partial charge in [0.25, 0.3) is 0 Å². The van der Waals surface area contributed by atoms with E-state index in [1.165, 1.54) is 6.42 Å². The van der Waals surface area contributed by atoms with E-state index < -0.39 is 0 Å². The summed E-state index contributed by atoms with van der Waals surface area (Å²) in [4.78, 5) is 3.89. The molecule has 0 aliphatic carbocycles. The van der Waals surface area contributed by atoms with Crippen molar-refractivity contribution in [3.05, 3.63) is 12.7 Å². The number of rotatable bonds is 1. The van der Waals surface area contributed by atoms with Gasteiger partial charge in [0, 0.05) is 6.54 Å². The molecular weight excluding hydrogens is 128 g/mol. The van der Waals surface area contributed by atoms with Gasteiger partial charge in [-0.25, -0.2) is 9.67 Å². The Morgan fingerprint density at radius 3 is 3.20 bits per heavy atom.